The number of hydrogen-bond acceptors (Lipinski definition) is 5. The summed E-state index contributed by atoms with van der Waals surface area (Å²) in [6.07, 6.45) is 1.43. The van der Waals surface area contributed by atoms with Crippen LogP contribution in [0.25, 0.3) is 0 Å². The number of ether oxygens (including phenoxy) is 3. The highest BCUT2D eigenvalue weighted by Crippen LogP contribution is 1.83. The minimum atomic E-state index is 0.0518. The second-order valence-electron chi connectivity index (χ2n) is 3.80. The molecule has 0 saturated heterocycles. The van der Waals surface area contributed by atoms with Gasteiger partial charge in [0, 0.05) is 40.3 Å². The molecule has 6 nitrogen and oxygen atoms in total. The van der Waals surface area contributed by atoms with Crippen LogP contribution in [0.4, 0.5) is 0 Å². The van der Waals surface area contributed by atoms with Gasteiger partial charge in [-0.05, 0) is 13.0 Å². The molecule has 0 aromatic rings. The van der Waals surface area contributed by atoms with Crippen LogP contribution in [0.15, 0.2) is 0 Å². The highest BCUT2D eigenvalue weighted by Gasteiger charge is 1.99. The molecule has 0 rings (SSSR count). The van der Waals surface area contributed by atoms with Crippen LogP contribution in [0, 0.1) is 0 Å². The van der Waals surface area contributed by atoms with E-state index in [1.165, 1.54) is 0 Å². The molecule has 0 fully saturated rings. The summed E-state index contributed by atoms with van der Waals surface area (Å²) in [4.78, 5) is 11.3. The molecule has 1 amide bonds. The second kappa shape index (κ2) is 14.4. The molecule has 0 unspecified atom stereocenters. The molecule has 0 heterocycles. The highest BCUT2D eigenvalue weighted by atomic mass is 16.5. The molecule has 0 saturated carbocycles. The van der Waals surface area contributed by atoms with Crippen LogP contribution in [0.2, 0.25) is 0 Å². The lowest BCUT2D eigenvalue weighted by Crippen LogP contribution is -2.30. The van der Waals surface area contributed by atoms with Crippen LogP contribution in [0.1, 0.15) is 12.8 Å². The minimum Gasteiger partial charge on any atom is -0.383 e. The third-order valence-electron chi connectivity index (χ3n) is 2.23. The zero-order chi connectivity index (χ0) is 13.5. The molecule has 18 heavy (non-hydrogen) atoms. The van der Waals surface area contributed by atoms with E-state index in [9.17, 15) is 4.79 Å². The summed E-state index contributed by atoms with van der Waals surface area (Å²) in [5, 5.41) is 5.96. The Kier molecular flexibility index (Phi) is 13.8. The standard InChI is InChI=1S/C12H26N2O4/c1-16-9-7-14-12(15)4-6-13-5-3-8-18-11-10-17-2/h13H,3-11H2,1-2H3,(H,14,15). The van der Waals surface area contributed by atoms with Crippen LogP contribution in [0.5, 0.6) is 0 Å². The molecule has 0 atom stereocenters. The quantitative estimate of drug-likeness (QED) is 0.449. The molecule has 2 N–H and O–H groups in total. The van der Waals surface area contributed by atoms with Gasteiger partial charge in [0.25, 0.3) is 0 Å². The minimum absolute atomic E-state index is 0.0518. The fraction of sp³-hybridized carbons (Fsp3) is 0.917. The van der Waals surface area contributed by atoms with E-state index in [-0.39, 0.29) is 5.91 Å². The Balaban J connectivity index is 3.08. The van der Waals surface area contributed by atoms with Crippen LogP contribution >= 0.6 is 0 Å². The van der Waals surface area contributed by atoms with Gasteiger partial charge >= 0.3 is 0 Å². The highest BCUT2D eigenvalue weighted by molar-refractivity contribution is 5.75. The van der Waals surface area contributed by atoms with E-state index in [4.69, 9.17) is 14.2 Å². The summed E-state index contributed by atoms with van der Waals surface area (Å²) in [5.74, 6) is 0.0518. The van der Waals surface area contributed by atoms with Crippen LogP contribution < -0.4 is 10.6 Å². The maximum absolute atomic E-state index is 11.3. The monoisotopic (exact) mass is 262 g/mol. The van der Waals surface area contributed by atoms with Crippen LogP contribution in [-0.2, 0) is 19.0 Å². The molecular formula is C12H26N2O4. The van der Waals surface area contributed by atoms with E-state index < -0.39 is 0 Å². The first-order valence-corrected chi connectivity index (χ1v) is 6.34. The molecule has 108 valence electrons. The SMILES string of the molecule is COCCNC(=O)CCNCCCOCCOC. The predicted molar refractivity (Wildman–Crippen MR) is 69.7 cm³/mol. The Hall–Kier alpha value is -0.690. The molecular weight excluding hydrogens is 236 g/mol. The average molecular weight is 262 g/mol. The summed E-state index contributed by atoms with van der Waals surface area (Å²) < 4.78 is 15.0. The normalized spacial score (nSPS) is 10.6. The van der Waals surface area contributed by atoms with Crippen LogP contribution in [0.3, 0.4) is 0 Å². The van der Waals surface area contributed by atoms with Gasteiger partial charge in [0.15, 0.2) is 0 Å². The van der Waals surface area contributed by atoms with Crippen molar-refractivity contribution in [2.45, 2.75) is 12.8 Å². The molecule has 0 aromatic heterocycles. The molecule has 0 radical (unpaired) electrons. The lowest BCUT2D eigenvalue weighted by Gasteiger charge is -2.06. The van der Waals surface area contributed by atoms with E-state index in [1.807, 2.05) is 0 Å². The smallest absolute Gasteiger partial charge is 0.221 e. The fourth-order valence-corrected chi connectivity index (χ4v) is 1.25. The molecule has 6 heteroatoms. The third kappa shape index (κ3) is 13.4. The summed E-state index contributed by atoms with van der Waals surface area (Å²) in [6, 6.07) is 0. The number of carbonyl (C=O) groups excluding carboxylic acids is 1. The van der Waals surface area contributed by atoms with E-state index in [1.54, 1.807) is 14.2 Å². The van der Waals surface area contributed by atoms with Gasteiger partial charge in [-0.15, -0.1) is 0 Å². The molecule has 0 bridgehead atoms. The number of methoxy groups -OCH3 is 2. The van der Waals surface area contributed by atoms with Gasteiger partial charge in [0.2, 0.25) is 5.91 Å². The summed E-state index contributed by atoms with van der Waals surface area (Å²) >= 11 is 0. The largest absolute Gasteiger partial charge is 0.383 e. The first kappa shape index (κ1) is 17.3. The molecule has 0 aliphatic heterocycles. The van der Waals surface area contributed by atoms with E-state index in [0.717, 1.165) is 19.6 Å². The van der Waals surface area contributed by atoms with Crippen molar-refractivity contribution in [2.24, 2.45) is 0 Å². The average Bonchev–Trinajstić information content (AvgIpc) is 2.37. The number of rotatable bonds is 13. The topological polar surface area (TPSA) is 68.8 Å². The summed E-state index contributed by atoms with van der Waals surface area (Å²) in [5.41, 5.74) is 0. The van der Waals surface area contributed by atoms with Gasteiger partial charge in [0.1, 0.15) is 0 Å². The van der Waals surface area contributed by atoms with Crippen molar-refractivity contribution in [1.29, 1.82) is 0 Å². The van der Waals surface area contributed by atoms with Gasteiger partial charge in [-0.25, -0.2) is 0 Å². The predicted octanol–water partition coefficient (Wildman–Crippen LogP) is -0.218. The fourth-order valence-electron chi connectivity index (χ4n) is 1.25. The van der Waals surface area contributed by atoms with Gasteiger partial charge in [0.05, 0.1) is 19.8 Å². The molecule has 0 aliphatic carbocycles. The number of hydrogen-bond donors (Lipinski definition) is 2. The van der Waals surface area contributed by atoms with E-state index >= 15 is 0 Å². The van der Waals surface area contributed by atoms with Gasteiger partial charge in [-0.3, -0.25) is 4.79 Å². The number of amides is 1. The Morgan fingerprint density at radius 2 is 1.72 bits per heavy atom. The lowest BCUT2D eigenvalue weighted by molar-refractivity contribution is -0.121. The Labute approximate surface area is 109 Å². The van der Waals surface area contributed by atoms with Crippen molar-refractivity contribution < 1.29 is 19.0 Å². The van der Waals surface area contributed by atoms with E-state index in [2.05, 4.69) is 10.6 Å². The van der Waals surface area contributed by atoms with Gasteiger partial charge in [-0.2, -0.15) is 0 Å². The maximum Gasteiger partial charge on any atom is 0.221 e. The zero-order valence-electron chi connectivity index (χ0n) is 11.5. The first-order chi connectivity index (χ1) is 8.81. The van der Waals surface area contributed by atoms with Crippen molar-refractivity contribution in [3.05, 3.63) is 0 Å². The maximum atomic E-state index is 11.3. The molecule has 0 aromatic carbocycles. The third-order valence-corrected chi connectivity index (χ3v) is 2.23. The van der Waals surface area contributed by atoms with Gasteiger partial charge < -0.3 is 24.8 Å². The van der Waals surface area contributed by atoms with E-state index in [0.29, 0.717) is 39.3 Å². The van der Waals surface area contributed by atoms with Crippen molar-refractivity contribution in [2.75, 3.05) is 60.3 Å². The van der Waals surface area contributed by atoms with Crippen molar-refractivity contribution >= 4 is 5.91 Å². The Bertz CT molecular complexity index is 191. The van der Waals surface area contributed by atoms with Crippen molar-refractivity contribution in [3.8, 4) is 0 Å². The summed E-state index contributed by atoms with van der Waals surface area (Å²) in [7, 11) is 3.27. The first-order valence-electron chi connectivity index (χ1n) is 6.34. The molecule has 0 aliphatic rings. The number of carbonyl (C=O) groups is 1. The zero-order valence-corrected chi connectivity index (χ0v) is 11.5. The number of nitrogens with one attached hydrogen (secondary N) is 2. The lowest BCUT2D eigenvalue weighted by atomic mass is 10.3. The Morgan fingerprint density at radius 1 is 0.944 bits per heavy atom. The second-order valence-corrected chi connectivity index (χ2v) is 3.80. The van der Waals surface area contributed by atoms with Crippen molar-refractivity contribution in [1.82, 2.24) is 10.6 Å². The van der Waals surface area contributed by atoms with Crippen molar-refractivity contribution in [3.63, 3.8) is 0 Å². The van der Waals surface area contributed by atoms with Crippen LogP contribution in [-0.4, -0.2) is 66.2 Å². The summed E-state index contributed by atoms with van der Waals surface area (Å²) in [6.45, 7) is 4.67. The Morgan fingerprint density at radius 3 is 2.44 bits per heavy atom. The van der Waals surface area contributed by atoms with Gasteiger partial charge in [-0.1, -0.05) is 0 Å². The molecule has 0 spiro atoms.